The van der Waals surface area contributed by atoms with Gasteiger partial charge in [0.25, 0.3) is 0 Å². The van der Waals surface area contributed by atoms with Crippen molar-refractivity contribution in [2.45, 2.75) is 51.0 Å². The van der Waals surface area contributed by atoms with E-state index in [1.807, 2.05) is 24.3 Å². The van der Waals surface area contributed by atoms with Crippen LogP contribution in [0.1, 0.15) is 55.8 Å². The number of hydrogen-bond donors (Lipinski definition) is 2. The average Bonchev–Trinajstić information content (AvgIpc) is 3.38. The van der Waals surface area contributed by atoms with Crippen LogP contribution in [0, 0.1) is 11.8 Å². The topological polar surface area (TPSA) is 82.9 Å². The van der Waals surface area contributed by atoms with Gasteiger partial charge >= 0.3 is 5.97 Å². The molecule has 0 saturated carbocycles. The Morgan fingerprint density at radius 3 is 2.91 bits per heavy atom. The van der Waals surface area contributed by atoms with Crippen LogP contribution in [0.25, 0.3) is 10.9 Å². The third kappa shape index (κ3) is 7.03. The molecule has 188 valence electrons. The molecule has 0 amide bonds. The van der Waals surface area contributed by atoms with Crippen molar-refractivity contribution < 1.29 is 19.7 Å². The molecule has 7 heteroatoms. The van der Waals surface area contributed by atoms with Crippen LogP contribution in [0.3, 0.4) is 0 Å². The lowest BCUT2D eigenvalue weighted by molar-refractivity contribution is -0.139. The van der Waals surface area contributed by atoms with Gasteiger partial charge in [-0.25, -0.2) is 0 Å². The molecule has 2 aromatic heterocycles. The van der Waals surface area contributed by atoms with Crippen molar-refractivity contribution in [1.29, 1.82) is 0 Å². The van der Waals surface area contributed by atoms with Crippen molar-refractivity contribution in [3.63, 3.8) is 0 Å². The number of aliphatic carboxylic acids is 1. The second-order valence-corrected chi connectivity index (χ2v) is 10.5. The van der Waals surface area contributed by atoms with Crippen LogP contribution in [0.4, 0.5) is 0 Å². The molecule has 3 heterocycles. The summed E-state index contributed by atoms with van der Waals surface area (Å²) in [4.78, 5) is 18.4. The van der Waals surface area contributed by atoms with E-state index in [1.54, 1.807) is 24.6 Å². The van der Waals surface area contributed by atoms with Crippen LogP contribution >= 0.6 is 11.3 Å². The molecule has 0 unspecified atom stereocenters. The van der Waals surface area contributed by atoms with E-state index in [4.69, 9.17) is 4.74 Å². The van der Waals surface area contributed by atoms with Gasteiger partial charge in [0.05, 0.1) is 18.7 Å². The number of aryl methyl sites for hydroxylation is 1. The fraction of sp³-hybridized carbons (Fsp3) is 0.500. The first-order valence-corrected chi connectivity index (χ1v) is 13.5. The standard InChI is InChI=1S/C28H36N2O4S/c1-34-23-6-7-26-25(17-23)24(9-12-29-26)27(31)8-5-21-10-14-30(18-22(21)16-28(32)33)13-3-2-4-20-11-15-35-19-20/h6-7,9,11-12,15,17,19,21-22,27,31H,2-5,8,10,13-14,16,18H2,1H3,(H,32,33)/t21-,22+,27+/m1/s1. The maximum atomic E-state index is 11.6. The number of methoxy groups -OCH3 is 1. The Labute approximate surface area is 211 Å². The Balaban J connectivity index is 1.32. The second kappa shape index (κ2) is 12.5. The van der Waals surface area contributed by atoms with Crippen molar-refractivity contribution in [3.8, 4) is 5.75 Å². The van der Waals surface area contributed by atoms with Crippen LogP contribution in [0.2, 0.25) is 0 Å². The van der Waals surface area contributed by atoms with Gasteiger partial charge in [-0.3, -0.25) is 9.78 Å². The van der Waals surface area contributed by atoms with E-state index < -0.39 is 12.1 Å². The number of benzene rings is 1. The van der Waals surface area contributed by atoms with Crippen LogP contribution in [-0.4, -0.2) is 52.8 Å². The number of carbonyl (C=O) groups is 1. The molecule has 6 nitrogen and oxygen atoms in total. The number of aromatic nitrogens is 1. The van der Waals surface area contributed by atoms with E-state index in [-0.39, 0.29) is 12.3 Å². The fourth-order valence-electron chi connectivity index (χ4n) is 5.39. The molecule has 1 aliphatic rings. The van der Waals surface area contributed by atoms with Crippen LogP contribution in [0.15, 0.2) is 47.3 Å². The van der Waals surface area contributed by atoms with Crippen LogP contribution in [0.5, 0.6) is 5.75 Å². The molecule has 1 fully saturated rings. The molecule has 1 aliphatic heterocycles. The minimum Gasteiger partial charge on any atom is -0.497 e. The molecule has 3 atom stereocenters. The lowest BCUT2D eigenvalue weighted by atomic mass is 9.79. The number of aliphatic hydroxyl groups is 1. The molecule has 3 aromatic rings. The summed E-state index contributed by atoms with van der Waals surface area (Å²) in [5.41, 5.74) is 3.10. The lowest BCUT2D eigenvalue weighted by Crippen LogP contribution is -2.41. The predicted octanol–water partition coefficient (Wildman–Crippen LogP) is 5.55. The molecule has 0 radical (unpaired) electrons. The molecule has 0 bridgehead atoms. The second-order valence-electron chi connectivity index (χ2n) is 9.67. The van der Waals surface area contributed by atoms with Crippen molar-refractivity contribution in [2.75, 3.05) is 26.7 Å². The largest absolute Gasteiger partial charge is 0.497 e. The number of rotatable bonds is 12. The SMILES string of the molecule is COc1ccc2nccc([C@@H](O)CC[C@@H]3CCN(CCCCc4ccsc4)C[C@@H]3CC(=O)O)c2c1. The smallest absolute Gasteiger partial charge is 0.303 e. The Hall–Kier alpha value is -2.48. The zero-order valence-electron chi connectivity index (χ0n) is 20.4. The van der Waals surface area contributed by atoms with E-state index in [9.17, 15) is 15.0 Å². The summed E-state index contributed by atoms with van der Waals surface area (Å²) in [7, 11) is 1.63. The number of carboxylic acids is 1. The number of hydrogen-bond acceptors (Lipinski definition) is 6. The first-order chi connectivity index (χ1) is 17.0. The predicted molar refractivity (Wildman–Crippen MR) is 140 cm³/mol. The Bertz CT molecular complexity index is 1090. The summed E-state index contributed by atoms with van der Waals surface area (Å²) in [6, 6.07) is 9.77. The number of likely N-dealkylation sites (tertiary alicyclic amines) is 1. The third-order valence-electron chi connectivity index (χ3n) is 7.33. The molecule has 0 spiro atoms. The van der Waals surface area contributed by atoms with Gasteiger partial charge in [-0.05, 0) is 116 Å². The van der Waals surface area contributed by atoms with Gasteiger partial charge in [0, 0.05) is 24.5 Å². The van der Waals surface area contributed by atoms with Gasteiger partial charge in [0.15, 0.2) is 0 Å². The Kier molecular flexibility index (Phi) is 9.12. The summed E-state index contributed by atoms with van der Waals surface area (Å²) < 4.78 is 5.36. The molecular formula is C28H36N2O4S. The highest BCUT2D eigenvalue weighted by Gasteiger charge is 2.31. The van der Waals surface area contributed by atoms with E-state index in [1.165, 1.54) is 5.56 Å². The fourth-order valence-corrected chi connectivity index (χ4v) is 6.09. The van der Waals surface area contributed by atoms with Crippen molar-refractivity contribution in [1.82, 2.24) is 9.88 Å². The molecular weight excluding hydrogens is 460 g/mol. The minimum atomic E-state index is -0.730. The minimum absolute atomic E-state index is 0.125. The van der Waals surface area contributed by atoms with Gasteiger partial charge in [0.2, 0.25) is 0 Å². The van der Waals surface area contributed by atoms with Crippen molar-refractivity contribution in [2.24, 2.45) is 11.8 Å². The summed E-state index contributed by atoms with van der Waals surface area (Å²) in [6.45, 7) is 2.87. The van der Waals surface area contributed by atoms with Crippen molar-refractivity contribution in [3.05, 3.63) is 58.4 Å². The van der Waals surface area contributed by atoms with E-state index in [2.05, 4.69) is 26.7 Å². The molecule has 1 saturated heterocycles. The van der Waals surface area contributed by atoms with Gasteiger partial charge < -0.3 is 19.8 Å². The highest BCUT2D eigenvalue weighted by molar-refractivity contribution is 7.07. The van der Waals surface area contributed by atoms with E-state index >= 15 is 0 Å². The maximum absolute atomic E-state index is 11.6. The highest BCUT2D eigenvalue weighted by Crippen LogP contribution is 2.35. The van der Waals surface area contributed by atoms with Gasteiger partial charge in [-0.15, -0.1) is 0 Å². The number of ether oxygens (including phenoxy) is 1. The number of fused-ring (bicyclic) bond motifs is 1. The molecule has 35 heavy (non-hydrogen) atoms. The van der Waals surface area contributed by atoms with Gasteiger partial charge in [0.1, 0.15) is 5.75 Å². The monoisotopic (exact) mass is 496 g/mol. The van der Waals surface area contributed by atoms with Gasteiger partial charge in [-0.2, -0.15) is 11.3 Å². The summed E-state index contributed by atoms with van der Waals surface area (Å²) in [5.74, 6) is 0.445. The van der Waals surface area contributed by atoms with Crippen LogP contribution in [-0.2, 0) is 11.2 Å². The quantitative estimate of drug-likeness (QED) is 0.320. The maximum Gasteiger partial charge on any atom is 0.303 e. The van der Waals surface area contributed by atoms with Crippen LogP contribution < -0.4 is 4.74 Å². The number of nitrogens with zero attached hydrogens (tertiary/aromatic N) is 2. The molecule has 2 N–H and O–H groups in total. The Morgan fingerprint density at radius 2 is 2.14 bits per heavy atom. The molecule has 4 rings (SSSR count). The summed E-state index contributed by atoms with van der Waals surface area (Å²) in [6.07, 6.45) is 7.14. The number of carboxylic acid groups (broad SMARTS) is 1. The highest BCUT2D eigenvalue weighted by atomic mass is 32.1. The van der Waals surface area contributed by atoms with Crippen molar-refractivity contribution >= 4 is 28.2 Å². The third-order valence-corrected chi connectivity index (χ3v) is 8.07. The van der Waals surface area contributed by atoms with E-state index in [0.717, 1.165) is 74.0 Å². The zero-order valence-corrected chi connectivity index (χ0v) is 21.3. The van der Waals surface area contributed by atoms with E-state index in [0.29, 0.717) is 12.3 Å². The number of piperidine rings is 1. The molecule has 1 aromatic carbocycles. The number of aliphatic hydroxyl groups excluding tert-OH is 1. The summed E-state index contributed by atoms with van der Waals surface area (Å²) >= 11 is 1.75. The normalized spacial score (nSPS) is 19.6. The first-order valence-electron chi connectivity index (χ1n) is 12.6. The average molecular weight is 497 g/mol. The summed E-state index contributed by atoms with van der Waals surface area (Å²) in [5, 5.41) is 25.8. The first kappa shape index (κ1) is 25.6. The number of unbranched alkanes of at least 4 members (excludes halogenated alkanes) is 1. The van der Waals surface area contributed by atoms with Gasteiger partial charge in [-0.1, -0.05) is 0 Å². The lowest BCUT2D eigenvalue weighted by Gasteiger charge is -2.38. The number of thiophene rings is 1. The Morgan fingerprint density at radius 1 is 1.26 bits per heavy atom. The zero-order chi connectivity index (χ0) is 24.6. The molecule has 0 aliphatic carbocycles. The number of pyridine rings is 1.